The Labute approximate surface area is 269 Å². The topological polar surface area (TPSA) is 94.6 Å². The zero-order chi connectivity index (χ0) is 31.8. The highest BCUT2D eigenvalue weighted by Gasteiger charge is 2.49. The molecule has 6 rings (SSSR count). The van der Waals surface area contributed by atoms with Crippen LogP contribution < -0.4 is 15.5 Å². The molecular formula is C31H35ClF3N5O3S2. The third kappa shape index (κ3) is 7.99. The summed E-state index contributed by atoms with van der Waals surface area (Å²) in [7, 11) is -3.52. The summed E-state index contributed by atoms with van der Waals surface area (Å²) in [5.74, 6) is 1.15. The van der Waals surface area contributed by atoms with Gasteiger partial charge in [-0.3, -0.25) is 9.69 Å². The molecule has 242 valence electrons. The first-order valence-electron chi connectivity index (χ1n) is 15.1. The molecule has 1 aromatic carbocycles. The second-order valence-corrected chi connectivity index (χ2v) is 16.1. The maximum absolute atomic E-state index is 13.3. The highest BCUT2D eigenvalue weighted by atomic mass is 35.5. The zero-order valence-electron chi connectivity index (χ0n) is 24.6. The number of nitrogens with one attached hydrogen (secondary N) is 2. The second kappa shape index (κ2) is 12.8. The van der Waals surface area contributed by atoms with E-state index in [0.717, 1.165) is 73.5 Å². The van der Waals surface area contributed by atoms with Crippen molar-refractivity contribution in [3.63, 3.8) is 0 Å². The Morgan fingerprint density at radius 2 is 1.76 bits per heavy atom. The zero-order valence-corrected chi connectivity index (χ0v) is 27.0. The van der Waals surface area contributed by atoms with Crippen molar-refractivity contribution in [1.82, 2.24) is 20.5 Å². The molecule has 8 nitrogen and oxygen atoms in total. The molecule has 1 aliphatic heterocycles. The summed E-state index contributed by atoms with van der Waals surface area (Å²) in [4.78, 5) is 22.7. The van der Waals surface area contributed by atoms with Gasteiger partial charge in [-0.15, -0.1) is 11.3 Å². The minimum absolute atomic E-state index is 0.121. The summed E-state index contributed by atoms with van der Waals surface area (Å²) in [6, 6.07) is 11.7. The van der Waals surface area contributed by atoms with Crippen LogP contribution in [0.3, 0.4) is 0 Å². The fourth-order valence-electron chi connectivity index (χ4n) is 5.59. The van der Waals surface area contributed by atoms with E-state index in [0.29, 0.717) is 28.4 Å². The van der Waals surface area contributed by atoms with E-state index >= 15 is 0 Å². The number of anilines is 1. The Morgan fingerprint density at radius 1 is 1.04 bits per heavy atom. The monoisotopic (exact) mass is 681 g/mol. The average molecular weight is 682 g/mol. The number of alkyl halides is 3. The standard InChI is InChI=1S/C31H35ClF3N5O3S2/c32-26-7-8-28(44-26)45(42,43)16-11-37-30(9-10-30)29(41)36-19-22-17-25(23-3-5-24(6-4-23)31(33,34)35)38-27(18-22)40-14-12-39(13-15-40)20-21-1-2-21/h3-8,17-18,21,37H,1-2,9-16,19-20H2,(H,36,41). The lowest BCUT2D eigenvalue weighted by Gasteiger charge is -2.35. The lowest BCUT2D eigenvalue weighted by molar-refractivity contribution is -0.137. The number of hydrogen-bond acceptors (Lipinski definition) is 8. The van der Waals surface area contributed by atoms with Gasteiger partial charge in [0.1, 0.15) is 10.0 Å². The molecule has 0 spiro atoms. The van der Waals surface area contributed by atoms with Crippen LogP contribution in [0.1, 0.15) is 36.8 Å². The summed E-state index contributed by atoms with van der Waals surface area (Å²) in [5.41, 5.74) is 0.307. The third-order valence-electron chi connectivity index (χ3n) is 8.62. The molecule has 0 atom stereocenters. The number of halogens is 4. The number of rotatable bonds is 12. The van der Waals surface area contributed by atoms with Gasteiger partial charge in [0.2, 0.25) is 5.91 Å². The molecule has 0 bridgehead atoms. The number of benzene rings is 1. The molecule has 0 radical (unpaired) electrons. The first kappa shape index (κ1) is 32.2. The Hall–Kier alpha value is -2.71. The fourth-order valence-corrected chi connectivity index (χ4v) is 8.38. The Morgan fingerprint density at radius 3 is 2.36 bits per heavy atom. The number of carbonyl (C=O) groups is 1. The maximum Gasteiger partial charge on any atom is 0.416 e. The van der Waals surface area contributed by atoms with E-state index in [1.54, 1.807) is 12.1 Å². The van der Waals surface area contributed by atoms with Crippen LogP contribution in [0.5, 0.6) is 0 Å². The molecule has 3 fully saturated rings. The van der Waals surface area contributed by atoms with E-state index < -0.39 is 27.1 Å². The first-order valence-corrected chi connectivity index (χ1v) is 17.9. The average Bonchev–Trinajstić information content (AvgIpc) is 3.95. The quantitative estimate of drug-likeness (QED) is 0.271. The fraction of sp³-hybridized carbons (Fsp3) is 0.484. The SMILES string of the molecule is O=C(NCc1cc(-c2ccc(C(F)(F)F)cc2)nc(N2CCN(CC3CC3)CC2)c1)C1(NCCS(=O)(=O)c2ccc(Cl)s2)CC1. The van der Waals surface area contributed by atoms with E-state index in [1.165, 1.54) is 31.0 Å². The van der Waals surface area contributed by atoms with E-state index in [-0.39, 0.29) is 29.0 Å². The van der Waals surface area contributed by atoms with Crippen molar-refractivity contribution in [1.29, 1.82) is 0 Å². The van der Waals surface area contributed by atoms with Crippen molar-refractivity contribution in [2.45, 2.75) is 48.2 Å². The lowest BCUT2D eigenvalue weighted by atomic mass is 10.1. The van der Waals surface area contributed by atoms with Crippen LogP contribution in [0.2, 0.25) is 4.34 Å². The van der Waals surface area contributed by atoms with Gasteiger partial charge in [-0.2, -0.15) is 13.2 Å². The molecule has 2 aromatic heterocycles. The van der Waals surface area contributed by atoms with Crippen LogP contribution in [-0.2, 0) is 27.4 Å². The second-order valence-electron chi connectivity index (χ2n) is 12.1. The van der Waals surface area contributed by atoms with Crippen molar-refractivity contribution >= 4 is 44.5 Å². The Kier molecular flexibility index (Phi) is 9.19. The Balaban J connectivity index is 1.13. The molecule has 0 unspecified atom stereocenters. The molecule has 3 aliphatic rings. The van der Waals surface area contributed by atoms with E-state index in [9.17, 15) is 26.4 Å². The first-order chi connectivity index (χ1) is 21.4. The molecule has 1 saturated heterocycles. The normalized spacial score (nSPS) is 18.6. The summed E-state index contributed by atoms with van der Waals surface area (Å²) in [6.45, 7) is 4.84. The van der Waals surface area contributed by atoms with Gasteiger partial charge in [-0.05, 0) is 73.6 Å². The van der Waals surface area contributed by atoms with E-state index in [4.69, 9.17) is 16.6 Å². The smallest absolute Gasteiger partial charge is 0.354 e. The van der Waals surface area contributed by atoms with Crippen molar-refractivity contribution < 1.29 is 26.4 Å². The molecular weight excluding hydrogens is 647 g/mol. The van der Waals surface area contributed by atoms with Gasteiger partial charge < -0.3 is 15.5 Å². The molecule has 2 saturated carbocycles. The number of hydrogen-bond donors (Lipinski definition) is 2. The Bertz CT molecular complexity index is 1630. The van der Waals surface area contributed by atoms with Crippen molar-refractivity contribution in [2.24, 2.45) is 5.92 Å². The van der Waals surface area contributed by atoms with Crippen LogP contribution in [0.25, 0.3) is 11.3 Å². The summed E-state index contributed by atoms with van der Waals surface area (Å²) in [6.07, 6.45) is -0.655. The molecule has 3 aromatic rings. The van der Waals surface area contributed by atoms with Crippen molar-refractivity contribution in [3.05, 3.63) is 64.0 Å². The minimum atomic E-state index is -4.43. The number of thiophene rings is 1. The van der Waals surface area contributed by atoms with Crippen molar-refractivity contribution in [3.8, 4) is 11.3 Å². The number of carbonyl (C=O) groups excluding carboxylic acids is 1. The van der Waals surface area contributed by atoms with Crippen molar-refractivity contribution in [2.75, 3.05) is 49.9 Å². The predicted octanol–water partition coefficient (Wildman–Crippen LogP) is 5.23. The maximum atomic E-state index is 13.3. The van der Waals surface area contributed by atoms with Gasteiger partial charge in [0.15, 0.2) is 9.84 Å². The van der Waals surface area contributed by atoms with Crippen LogP contribution in [-0.4, -0.2) is 74.8 Å². The van der Waals surface area contributed by atoms with Crippen LogP contribution in [0.4, 0.5) is 19.0 Å². The van der Waals surface area contributed by atoms with Gasteiger partial charge in [0.25, 0.3) is 0 Å². The van der Waals surface area contributed by atoms with E-state index in [2.05, 4.69) is 20.4 Å². The molecule has 2 N–H and O–H groups in total. The van der Waals surface area contributed by atoms with Gasteiger partial charge in [0, 0.05) is 51.4 Å². The molecule has 45 heavy (non-hydrogen) atoms. The highest BCUT2D eigenvalue weighted by Crippen LogP contribution is 2.36. The van der Waals surface area contributed by atoms with Gasteiger partial charge in [0.05, 0.1) is 26.9 Å². The molecule has 2 aliphatic carbocycles. The van der Waals surface area contributed by atoms with Crippen LogP contribution >= 0.6 is 22.9 Å². The molecule has 14 heteroatoms. The predicted molar refractivity (Wildman–Crippen MR) is 169 cm³/mol. The van der Waals surface area contributed by atoms with Crippen LogP contribution in [0.15, 0.2) is 52.7 Å². The number of nitrogens with zero attached hydrogens (tertiary/aromatic N) is 3. The number of piperazine rings is 1. The van der Waals surface area contributed by atoms with Gasteiger partial charge in [-0.1, -0.05) is 23.7 Å². The summed E-state index contributed by atoms with van der Waals surface area (Å²) in [5, 5.41) is 6.13. The summed E-state index contributed by atoms with van der Waals surface area (Å²) >= 11 is 6.90. The van der Waals surface area contributed by atoms with Gasteiger partial charge in [-0.25, -0.2) is 13.4 Å². The third-order valence-corrected chi connectivity index (χ3v) is 12.1. The van der Waals surface area contributed by atoms with E-state index in [1.807, 2.05) is 6.07 Å². The lowest BCUT2D eigenvalue weighted by Crippen LogP contribution is -2.48. The minimum Gasteiger partial charge on any atom is -0.354 e. The molecule has 3 heterocycles. The highest BCUT2D eigenvalue weighted by molar-refractivity contribution is 7.93. The summed E-state index contributed by atoms with van der Waals surface area (Å²) < 4.78 is 65.4. The number of pyridine rings is 1. The number of amides is 1. The largest absolute Gasteiger partial charge is 0.416 e. The number of sulfone groups is 1. The van der Waals surface area contributed by atoms with Crippen LogP contribution in [0, 0.1) is 5.92 Å². The number of aromatic nitrogens is 1. The van der Waals surface area contributed by atoms with Gasteiger partial charge >= 0.3 is 6.18 Å². The molecule has 1 amide bonds.